The number of methoxy groups -OCH3 is 1. The van der Waals surface area contributed by atoms with E-state index in [1.807, 2.05) is 18.2 Å². The Hall–Kier alpha value is -1.97. The summed E-state index contributed by atoms with van der Waals surface area (Å²) < 4.78 is 29.3. The molecule has 0 radical (unpaired) electrons. The van der Waals surface area contributed by atoms with Gasteiger partial charge in [-0.15, -0.1) is 0 Å². The largest absolute Gasteiger partial charge is 0.497 e. The highest BCUT2D eigenvalue weighted by Crippen LogP contribution is 2.31. The van der Waals surface area contributed by atoms with Crippen LogP contribution in [0.15, 0.2) is 24.5 Å². The van der Waals surface area contributed by atoms with Crippen LogP contribution >= 0.6 is 0 Å². The lowest BCUT2D eigenvalue weighted by atomic mass is 9.96. The summed E-state index contributed by atoms with van der Waals surface area (Å²) in [7, 11) is -1.98. The molecule has 0 bridgehead atoms. The van der Waals surface area contributed by atoms with Gasteiger partial charge >= 0.3 is 0 Å². The molecule has 8 nitrogen and oxygen atoms in total. The van der Waals surface area contributed by atoms with Gasteiger partial charge in [0.1, 0.15) is 17.9 Å². The summed E-state index contributed by atoms with van der Waals surface area (Å²) in [6.07, 6.45) is 2.30. The second kappa shape index (κ2) is 6.26. The van der Waals surface area contributed by atoms with E-state index in [-0.39, 0.29) is 0 Å². The van der Waals surface area contributed by atoms with Gasteiger partial charge in [-0.05, 0) is 30.5 Å². The Labute approximate surface area is 134 Å². The van der Waals surface area contributed by atoms with E-state index < -0.39 is 10.2 Å². The van der Waals surface area contributed by atoms with Crippen molar-refractivity contribution < 1.29 is 13.2 Å². The summed E-state index contributed by atoms with van der Waals surface area (Å²) in [6.45, 7) is 2.01. The smallest absolute Gasteiger partial charge is 0.274 e. The molecule has 1 aromatic carbocycles. The van der Waals surface area contributed by atoms with Crippen LogP contribution in [0, 0.1) is 5.92 Å². The highest BCUT2D eigenvalue weighted by atomic mass is 32.2. The first-order valence-electron chi connectivity index (χ1n) is 7.27. The predicted molar refractivity (Wildman–Crippen MR) is 87.5 cm³/mol. The summed E-state index contributed by atoms with van der Waals surface area (Å²) in [5.74, 6) is 2.06. The van der Waals surface area contributed by atoms with E-state index in [9.17, 15) is 8.42 Å². The van der Waals surface area contributed by atoms with Crippen molar-refractivity contribution in [2.24, 2.45) is 11.1 Å². The van der Waals surface area contributed by atoms with Crippen molar-refractivity contribution in [3.63, 3.8) is 0 Å². The SMILES string of the molecule is COc1ccc2ncnc(N3CC(CCNS(N)(=O)=O)C3)c2c1. The van der Waals surface area contributed by atoms with Gasteiger partial charge in [-0.2, -0.15) is 8.42 Å². The molecular weight excluding hydrogens is 318 g/mol. The molecule has 2 heterocycles. The van der Waals surface area contributed by atoms with Crippen molar-refractivity contribution in [1.82, 2.24) is 14.7 Å². The van der Waals surface area contributed by atoms with Crippen molar-refractivity contribution in [3.8, 4) is 5.75 Å². The molecule has 0 spiro atoms. The maximum Gasteiger partial charge on any atom is 0.274 e. The Kier molecular flexibility index (Phi) is 4.33. The minimum atomic E-state index is -3.60. The van der Waals surface area contributed by atoms with E-state index in [0.29, 0.717) is 12.5 Å². The lowest BCUT2D eigenvalue weighted by Gasteiger charge is -2.40. The Balaban J connectivity index is 1.66. The highest BCUT2D eigenvalue weighted by Gasteiger charge is 2.28. The molecule has 1 saturated heterocycles. The molecule has 0 aliphatic carbocycles. The summed E-state index contributed by atoms with van der Waals surface area (Å²) in [5, 5.41) is 5.86. The Morgan fingerprint density at radius 1 is 1.39 bits per heavy atom. The van der Waals surface area contributed by atoms with Gasteiger partial charge in [-0.25, -0.2) is 19.8 Å². The number of fused-ring (bicyclic) bond motifs is 1. The van der Waals surface area contributed by atoms with Crippen LogP contribution in [0.2, 0.25) is 0 Å². The fraction of sp³-hybridized carbons (Fsp3) is 0.429. The van der Waals surface area contributed by atoms with E-state index >= 15 is 0 Å². The zero-order chi connectivity index (χ0) is 16.4. The van der Waals surface area contributed by atoms with Crippen LogP contribution in [0.1, 0.15) is 6.42 Å². The van der Waals surface area contributed by atoms with E-state index in [1.165, 1.54) is 0 Å². The molecule has 1 aliphatic rings. The molecule has 23 heavy (non-hydrogen) atoms. The van der Waals surface area contributed by atoms with E-state index in [4.69, 9.17) is 9.88 Å². The minimum Gasteiger partial charge on any atom is -0.497 e. The van der Waals surface area contributed by atoms with Crippen LogP contribution < -0.4 is 19.5 Å². The average molecular weight is 337 g/mol. The monoisotopic (exact) mass is 337 g/mol. The normalized spacial score (nSPS) is 15.7. The van der Waals surface area contributed by atoms with E-state index in [1.54, 1.807) is 13.4 Å². The Bertz CT molecular complexity index is 805. The third-order valence-electron chi connectivity index (χ3n) is 3.93. The van der Waals surface area contributed by atoms with E-state index in [2.05, 4.69) is 19.6 Å². The van der Waals surface area contributed by atoms with Crippen molar-refractivity contribution >= 4 is 26.9 Å². The van der Waals surface area contributed by atoms with Gasteiger partial charge in [-0.1, -0.05) is 0 Å². The summed E-state index contributed by atoms with van der Waals surface area (Å²) >= 11 is 0. The lowest BCUT2D eigenvalue weighted by Crippen LogP contribution is -2.48. The molecule has 0 atom stereocenters. The minimum absolute atomic E-state index is 0.357. The number of nitrogens with two attached hydrogens (primary N) is 1. The molecule has 1 aromatic heterocycles. The van der Waals surface area contributed by atoms with Gasteiger partial charge in [0.15, 0.2) is 0 Å². The first-order valence-corrected chi connectivity index (χ1v) is 8.82. The summed E-state index contributed by atoms with van der Waals surface area (Å²) in [4.78, 5) is 10.8. The fourth-order valence-electron chi connectivity index (χ4n) is 2.73. The molecule has 0 saturated carbocycles. The third-order valence-corrected chi connectivity index (χ3v) is 4.54. The number of anilines is 1. The first-order chi connectivity index (χ1) is 11.0. The number of hydrogen-bond donors (Lipinski definition) is 2. The molecule has 3 N–H and O–H groups in total. The molecule has 0 unspecified atom stereocenters. The maximum absolute atomic E-state index is 10.8. The second-order valence-electron chi connectivity index (χ2n) is 5.58. The first kappa shape index (κ1) is 15.9. The molecule has 9 heteroatoms. The molecule has 1 aliphatic heterocycles. The summed E-state index contributed by atoms with van der Waals surface area (Å²) in [5.41, 5.74) is 0.871. The molecule has 2 aromatic rings. The number of nitrogens with zero attached hydrogens (tertiary/aromatic N) is 3. The number of hydrogen-bond acceptors (Lipinski definition) is 6. The van der Waals surface area contributed by atoms with Gasteiger partial charge in [0.2, 0.25) is 0 Å². The second-order valence-corrected chi connectivity index (χ2v) is 6.96. The van der Waals surface area contributed by atoms with Gasteiger partial charge in [-0.3, -0.25) is 0 Å². The zero-order valence-electron chi connectivity index (χ0n) is 12.8. The van der Waals surface area contributed by atoms with Crippen molar-refractivity contribution in [2.75, 3.05) is 31.6 Å². The van der Waals surface area contributed by atoms with Crippen LogP contribution in [-0.4, -0.2) is 45.1 Å². The molecule has 3 rings (SSSR count). The zero-order valence-corrected chi connectivity index (χ0v) is 13.6. The topological polar surface area (TPSA) is 110 Å². The van der Waals surface area contributed by atoms with Crippen LogP contribution in [0.4, 0.5) is 5.82 Å². The number of rotatable bonds is 6. The number of benzene rings is 1. The van der Waals surface area contributed by atoms with Crippen molar-refractivity contribution in [1.29, 1.82) is 0 Å². The lowest BCUT2D eigenvalue weighted by molar-refractivity contribution is 0.382. The fourth-order valence-corrected chi connectivity index (χ4v) is 3.13. The van der Waals surface area contributed by atoms with Gasteiger partial charge < -0.3 is 9.64 Å². The van der Waals surface area contributed by atoms with Gasteiger partial charge in [0, 0.05) is 25.0 Å². The Morgan fingerprint density at radius 3 is 2.87 bits per heavy atom. The van der Waals surface area contributed by atoms with Gasteiger partial charge in [0.25, 0.3) is 10.2 Å². The van der Waals surface area contributed by atoms with Crippen LogP contribution in [-0.2, 0) is 10.2 Å². The van der Waals surface area contributed by atoms with Crippen LogP contribution in [0.5, 0.6) is 5.75 Å². The molecule has 1 fully saturated rings. The maximum atomic E-state index is 10.8. The Morgan fingerprint density at radius 2 is 2.17 bits per heavy atom. The standard InChI is InChI=1S/C14H19N5O3S/c1-22-11-2-3-13-12(6-11)14(17-9-16-13)19-7-10(8-19)4-5-18-23(15,20)21/h2-3,6,9-10,18H,4-5,7-8H2,1H3,(H2,15,20,21). The average Bonchev–Trinajstić information content (AvgIpc) is 2.47. The highest BCUT2D eigenvalue weighted by molar-refractivity contribution is 7.87. The summed E-state index contributed by atoms with van der Waals surface area (Å²) in [6, 6.07) is 5.71. The predicted octanol–water partition coefficient (Wildman–Crippen LogP) is 0.258. The number of aromatic nitrogens is 2. The molecular formula is C14H19N5O3S. The van der Waals surface area contributed by atoms with Crippen LogP contribution in [0.3, 0.4) is 0 Å². The van der Waals surface area contributed by atoms with Crippen LogP contribution in [0.25, 0.3) is 10.9 Å². The molecule has 124 valence electrons. The number of ether oxygens (including phenoxy) is 1. The quantitative estimate of drug-likeness (QED) is 0.782. The number of nitrogens with one attached hydrogen (secondary N) is 1. The molecule has 0 amide bonds. The van der Waals surface area contributed by atoms with Crippen molar-refractivity contribution in [3.05, 3.63) is 24.5 Å². The third kappa shape index (κ3) is 3.69. The van der Waals surface area contributed by atoms with Crippen molar-refractivity contribution in [2.45, 2.75) is 6.42 Å². The van der Waals surface area contributed by atoms with Gasteiger partial charge in [0.05, 0.1) is 12.6 Å². The van der Waals surface area contributed by atoms with E-state index in [0.717, 1.165) is 42.0 Å².